The van der Waals surface area contributed by atoms with Gasteiger partial charge in [0.05, 0.1) is 0 Å². The van der Waals surface area contributed by atoms with E-state index in [9.17, 15) is 4.79 Å². The van der Waals surface area contributed by atoms with E-state index in [2.05, 4.69) is 47.9 Å². The molecule has 1 aliphatic rings. The second kappa shape index (κ2) is 11.6. The lowest BCUT2D eigenvalue weighted by atomic mass is 9.88. The normalized spacial score (nSPS) is 14.0. The van der Waals surface area contributed by atoms with Crippen LogP contribution in [0.25, 0.3) is 6.08 Å². The van der Waals surface area contributed by atoms with Gasteiger partial charge in [-0.25, -0.2) is 0 Å². The van der Waals surface area contributed by atoms with Crippen LogP contribution in [0.3, 0.4) is 0 Å². The first-order valence-electron chi connectivity index (χ1n) is 12.5. The minimum absolute atomic E-state index is 0.0795. The summed E-state index contributed by atoms with van der Waals surface area (Å²) in [4.78, 5) is 12.7. The van der Waals surface area contributed by atoms with Gasteiger partial charge in [0.25, 0.3) is 5.91 Å². The number of carbonyl (C=O) groups excluding carboxylic acids is 1. The first-order valence-corrected chi connectivity index (χ1v) is 12.5. The molecule has 0 unspecified atom stereocenters. The predicted octanol–water partition coefficient (Wildman–Crippen LogP) is 6.28. The molecule has 3 aromatic carbocycles. The van der Waals surface area contributed by atoms with Crippen molar-refractivity contribution in [3.05, 3.63) is 120 Å². The maximum Gasteiger partial charge on any atom is 0.291 e. The van der Waals surface area contributed by atoms with Crippen LogP contribution in [0.1, 0.15) is 40.3 Å². The van der Waals surface area contributed by atoms with Gasteiger partial charge in [-0.15, -0.1) is 0 Å². The fraction of sp³-hybridized carbons (Fsp3) is 0.194. The number of rotatable bonds is 10. The maximum atomic E-state index is 12.7. The summed E-state index contributed by atoms with van der Waals surface area (Å²) in [7, 11) is 0. The van der Waals surface area contributed by atoms with E-state index in [4.69, 9.17) is 13.9 Å². The largest absolute Gasteiger partial charge is 0.456 e. The van der Waals surface area contributed by atoms with Crippen LogP contribution < -0.4 is 20.1 Å². The number of hydrogen-bond acceptors (Lipinski definition) is 5. The third-order valence-electron chi connectivity index (χ3n) is 6.43. The zero-order valence-corrected chi connectivity index (χ0v) is 20.7. The fourth-order valence-corrected chi connectivity index (χ4v) is 4.42. The number of hydrogen-bond donors (Lipinski definition) is 2. The van der Waals surface area contributed by atoms with Crippen LogP contribution in [-0.2, 0) is 6.42 Å². The van der Waals surface area contributed by atoms with Gasteiger partial charge in [-0.2, -0.15) is 0 Å². The van der Waals surface area contributed by atoms with Crippen molar-refractivity contribution in [1.29, 1.82) is 0 Å². The van der Waals surface area contributed by atoms with Crippen LogP contribution in [0.4, 0.5) is 5.69 Å². The van der Waals surface area contributed by atoms with Crippen LogP contribution in [-0.4, -0.2) is 25.3 Å². The summed E-state index contributed by atoms with van der Waals surface area (Å²) in [5.74, 6) is 2.35. The highest BCUT2D eigenvalue weighted by Crippen LogP contribution is 2.36. The minimum atomic E-state index is -0.269. The second-order valence-electron chi connectivity index (χ2n) is 9.02. The van der Waals surface area contributed by atoms with E-state index < -0.39 is 0 Å². The van der Waals surface area contributed by atoms with Crippen LogP contribution in [0.15, 0.2) is 101 Å². The number of nitrogens with one attached hydrogen (secondary N) is 2. The van der Waals surface area contributed by atoms with Gasteiger partial charge >= 0.3 is 0 Å². The molecular formula is C31H30N2O4. The van der Waals surface area contributed by atoms with Crippen molar-refractivity contribution < 1.29 is 18.7 Å². The third-order valence-corrected chi connectivity index (χ3v) is 6.43. The summed E-state index contributed by atoms with van der Waals surface area (Å²) in [6.45, 7) is 3.12. The number of fused-ring (bicyclic) bond motifs is 1. The van der Waals surface area contributed by atoms with Gasteiger partial charge in [0, 0.05) is 30.6 Å². The quantitative estimate of drug-likeness (QED) is 0.272. The van der Waals surface area contributed by atoms with Gasteiger partial charge in [0.15, 0.2) is 17.3 Å². The number of carbonyl (C=O) groups is 1. The van der Waals surface area contributed by atoms with Crippen molar-refractivity contribution in [2.24, 2.45) is 0 Å². The fourth-order valence-electron chi connectivity index (χ4n) is 4.42. The first-order chi connectivity index (χ1) is 18.2. The van der Waals surface area contributed by atoms with Crippen LogP contribution in [0.5, 0.6) is 11.5 Å². The van der Waals surface area contributed by atoms with Crippen molar-refractivity contribution in [2.45, 2.75) is 25.3 Å². The molecule has 0 fully saturated rings. The van der Waals surface area contributed by atoms with E-state index in [1.165, 1.54) is 5.56 Å². The molecule has 1 aromatic heterocycles. The number of furan rings is 1. The molecule has 0 aliphatic carbocycles. The number of amides is 1. The van der Waals surface area contributed by atoms with E-state index in [0.29, 0.717) is 6.42 Å². The Morgan fingerprint density at radius 1 is 0.919 bits per heavy atom. The standard InChI is InChI=1S/C31H30N2O4/c1-22(32-18-8-11-23-9-4-2-5-10-23)27(24-14-16-28-30(19-24)36-21-35-28)20-26-15-17-29(37-26)31(34)33-25-12-6-3-7-13-25/h2-17,19,22,27,32H,18,20-21H2,1H3,(H,33,34)/t22-,27+/m1/s1. The number of ether oxygens (including phenoxy) is 2. The summed E-state index contributed by atoms with van der Waals surface area (Å²) in [6, 6.07) is 29.4. The molecule has 6 nitrogen and oxygen atoms in total. The summed E-state index contributed by atoms with van der Waals surface area (Å²) in [5.41, 5.74) is 3.01. The Bertz CT molecular complexity index is 1350. The molecule has 0 saturated carbocycles. The number of para-hydroxylation sites is 1. The molecule has 0 bridgehead atoms. The Balaban J connectivity index is 1.29. The zero-order valence-electron chi connectivity index (χ0n) is 20.7. The van der Waals surface area contributed by atoms with Crippen molar-refractivity contribution in [1.82, 2.24) is 5.32 Å². The molecule has 4 aromatic rings. The smallest absolute Gasteiger partial charge is 0.291 e. The molecule has 37 heavy (non-hydrogen) atoms. The highest BCUT2D eigenvalue weighted by Gasteiger charge is 2.24. The van der Waals surface area contributed by atoms with Crippen LogP contribution >= 0.6 is 0 Å². The molecule has 0 spiro atoms. The Kier molecular flexibility index (Phi) is 7.67. The summed E-state index contributed by atoms with van der Waals surface area (Å²) in [6.07, 6.45) is 4.86. The monoisotopic (exact) mass is 494 g/mol. The molecule has 1 amide bonds. The SMILES string of the molecule is C[C@@H](NCC=Cc1ccccc1)[C@H](Cc1ccc(C(=O)Nc2ccccc2)o1)c1ccc2c(c1)OCO2. The van der Waals surface area contributed by atoms with Crippen LogP contribution in [0, 0.1) is 0 Å². The van der Waals surface area contributed by atoms with Crippen molar-refractivity contribution in [3.63, 3.8) is 0 Å². The van der Waals surface area contributed by atoms with Gasteiger partial charge in [-0.1, -0.05) is 66.7 Å². The van der Waals surface area contributed by atoms with E-state index in [1.807, 2.05) is 66.7 Å². The molecule has 2 atom stereocenters. The van der Waals surface area contributed by atoms with Gasteiger partial charge in [-0.3, -0.25) is 4.79 Å². The molecule has 188 valence electrons. The molecule has 2 heterocycles. The van der Waals surface area contributed by atoms with Crippen molar-refractivity contribution in [2.75, 3.05) is 18.7 Å². The van der Waals surface area contributed by atoms with Gasteiger partial charge in [0.2, 0.25) is 6.79 Å². The highest BCUT2D eigenvalue weighted by molar-refractivity contribution is 6.02. The van der Waals surface area contributed by atoms with Crippen molar-refractivity contribution >= 4 is 17.7 Å². The van der Waals surface area contributed by atoms with Gasteiger partial charge in [0.1, 0.15) is 5.76 Å². The topological polar surface area (TPSA) is 72.7 Å². The van der Waals surface area contributed by atoms with E-state index >= 15 is 0 Å². The Morgan fingerprint density at radius 3 is 2.49 bits per heavy atom. The Hall–Kier alpha value is -4.29. The molecule has 6 heteroatoms. The number of benzene rings is 3. The predicted molar refractivity (Wildman–Crippen MR) is 145 cm³/mol. The summed E-state index contributed by atoms with van der Waals surface area (Å²) < 4.78 is 17.1. The number of anilines is 1. The van der Waals surface area contributed by atoms with Crippen LogP contribution in [0.2, 0.25) is 0 Å². The lowest BCUT2D eigenvalue weighted by molar-refractivity contribution is 0.0994. The summed E-state index contributed by atoms with van der Waals surface area (Å²) >= 11 is 0. The van der Waals surface area contributed by atoms with Gasteiger partial charge in [-0.05, 0) is 54.4 Å². The highest BCUT2D eigenvalue weighted by atomic mass is 16.7. The average Bonchev–Trinajstić information content (AvgIpc) is 3.60. The lowest BCUT2D eigenvalue weighted by Crippen LogP contribution is -2.33. The Labute approximate surface area is 216 Å². The zero-order chi connectivity index (χ0) is 25.5. The molecule has 1 aliphatic heterocycles. The Morgan fingerprint density at radius 2 is 1.68 bits per heavy atom. The summed E-state index contributed by atoms with van der Waals surface area (Å²) in [5, 5.41) is 6.49. The average molecular weight is 495 g/mol. The molecule has 2 N–H and O–H groups in total. The first kappa shape index (κ1) is 24.4. The molecular weight excluding hydrogens is 464 g/mol. The van der Waals surface area contributed by atoms with Crippen molar-refractivity contribution in [3.8, 4) is 11.5 Å². The van der Waals surface area contributed by atoms with E-state index in [-0.39, 0.29) is 30.4 Å². The molecule has 0 saturated heterocycles. The third kappa shape index (κ3) is 6.29. The second-order valence-corrected chi connectivity index (χ2v) is 9.02. The maximum absolute atomic E-state index is 12.7. The van der Waals surface area contributed by atoms with E-state index in [0.717, 1.165) is 35.1 Å². The minimum Gasteiger partial charge on any atom is -0.456 e. The molecule has 0 radical (unpaired) electrons. The van der Waals surface area contributed by atoms with E-state index in [1.54, 1.807) is 6.07 Å². The lowest BCUT2D eigenvalue weighted by Gasteiger charge is -2.25. The molecule has 5 rings (SSSR count). The van der Waals surface area contributed by atoms with Gasteiger partial charge < -0.3 is 24.5 Å².